The van der Waals surface area contributed by atoms with Crippen molar-refractivity contribution in [1.82, 2.24) is 4.90 Å². The lowest BCUT2D eigenvalue weighted by Gasteiger charge is -2.38. The highest BCUT2D eigenvalue weighted by molar-refractivity contribution is 6.01. The lowest BCUT2D eigenvalue weighted by atomic mass is 10.0. The first-order valence-corrected chi connectivity index (χ1v) is 10.3. The summed E-state index contributed by atoms with van der Waals surface area (Å²) < 4.78 is 17.2. The molecule has 0 spiro atoms. The molecule has 1 N–H and O–H groups in total. The van der Waals surface area contributed by atoms with Gasteiger partial charge in [-0.05, 0) is 49.1 Å². The van der Waals surface area contributed by atoms with Crippen molar-refractivity contribution in [3.05, 3.63) is 53.6 Å². The van der Waals surface area contributed by atoms with E-state index in [4.69, 9.17) is 14.2 Å². The van der Waals surface area contributed by atoms with Crippen molar-refractivity contribution in [2.75, 3.05) is 32.2 Å². The number of rotatable bonds is 7. The number of nitrogens with one attached hydrogen (secondary N) is 1. The van der Waals surface area contributed by atoms with E-state index >= 15 is 0 Å². The molecular weight excluding hydrogens is 368 g/mol. The van der Waals surface area contributed by atoms with Crippen LogP contribution in [0.15, 0.2) is 42.5 Å². The Labute approximate surface area is 171 Å². The standard InChI is InChI=1S/C23H28N2O4/c1-3-12-25-22(24-19-9-5-4-8-18(19)23(25)26)16-10-11-20(21(14-16)27-2)29-15-17-7-6-13-28-17/h4-5,8-11,14,17,22,24H,3,6-7,12-13,15H2,1-2H3. The second-order valence-corrected chi connectivity index (χ2v) is 7.45. The van der Waals surface area contributed by atoms with E-state index in [0.29, 0.717) is 30.2 Å². The predicted molar refractivity (Wildman–Crippen MR) is 112 cm³/mol. The second kappa shape index (κ2) is 8.74. The molecule has 2 aliphatic heterocycles. The normalized spacial score (nSPS) is 20.9. The number of amides is 1. The highest BCUT2D eigenvalue weighted by Crippen LogP contribution is 2.37. The van der Waals surface area contributed by atoms with E-state index in [0.717, 1.165) is 37.1 Å². The van der Waals surface area contributed by atoms with Gasteiger partial charge in [0.05, 0.1) is 18.8 Å². The summed E-state index contributed by atoms with van der Waals surface area (Å²) in [5.41, 5.74) is 2.52. The van der Waals surface area contributed by atoms with Crippen molar-refractivity contribution in [2.24, 2.45) is 0 Å². The Bertz CT molecular complexity index is 864. The molecule has 2 aromatic rings. The molecule has 1 fully saturated rings. The smallest absolute Gasteiger partial charge is 0.257 e. The molecule has 0 bridgehead atoms. The van der Waals surface area contributed by atoms with Gasteiger partial charge in [-0.3, -0.25) is 4.79 Å². The molecule has 154 valence electrons. The molecule has 0 aliphatic carbocycles. The predicted octanol–water partition coefficient (Wildman–Crippen LogP) is 4.23. The fourth-order valence-corrected chi connectivity index (χ4v) is 3.96. The number of carbonyl (C=O) groups is 1. The number of anilines is 1. The lowest BCUT2D eigenvalue weighted by Crippen LogP contribution is -2.43. The summed E-state index contributed by atoms with van der Waals surface area (Å²) in [5, 5.41) is 3.51. The van der Waals surface area contributed by atoms with Crippen molar-refractivity contribution in [3.8, 4) is 11.5 Å². The molecule has 0 radical (unpaired) electrons. The minimum atomic E-state index is -0.251. The van der Waals surface area contributed by atoms with Gasteiger partial charge >= 0.3 is 0 Å². The Morgan fingerprint density at radius 2 is 2.07 bits per heavy atom. The van der Waals surface area contributed by atoms with Crippen molar-refractivity contribution < 1.29 is 19.0 Å². The molecule has 0 aromatic heterocycles. The quantitative estimate of drug-likeness (QED) is 0.759. The summed E-state index contributed by atoms with van der Waals surface area (Å²) in [6.07, 6.45) is 2.89. The highest BCUT2D eigenvalue weighted by Gasteiger charge is 2.32. The van der Waals surface area contributed by atoms with Gasteiger partial charge in [-0.25, -0.2) is 0 Å². The summed E-state index contributed by atoms with van der Waals surface area (Å²) >= 11 is 0. The molecule has 6 heteroatoms. The zero-order chi connectivity index (χ0) is 20.2. The van der Waals surface area contributed by atoms with E-state index in [2.05, 4.69) is 12.2 Å². The van der Waals surface area contributed by atoms with Crippen LogP contribution in [0, 0.1) is 0 Å². The van der Waals surface area contributed by atoms with Gasteiger partial charge in [-0.15, -0.1) is 0 Å². The second-order valence-electron chi connectivity index (χ2n) is 7.45. The van der Waals surface area contributed by atoms with E-state index in [1.165, 1.54) is 0 Å². The number of hydrogen-bond acceptors (Lipinski definition) is 5. The Morgan fingerprint density at radius 3 is 2.83 bits per heavy atom. The number of methoxy groups -OCH3 is 1. The first kappa shape index (κ1) is 19.6. The minimum Gasteiger partial charge on any atom is -0.493 e. The van der Waals surface area contributed by atoms with E-state index in [-0.39, 0.29) is 18.2 Å². The van der Waals surface area contributed by atoms with E-state index in [9.17, 15) is 4.79 Å². The van der Waals surface area contributed by atoms with Crippen molar-refractivity contribution in [1.29, 1.82) is 0 Å². The molecule has 6 nitrogen and oxygen atoms in total. The summed E-state index contributed by atoms with van der Waals surface area (Å²) in [7, 11) is 1.64. The van der Waals surface area contributed by atoms with Gasteiger partial charge in [0.1, 0.15) is 12.8 Å². The summed E-state index contributed by atoms with van der Waals surface area (Å²) in [4.78, 5) is 15.0. The van der Waals surface area contributed by atoms with Gasteiger partial charge in [-0.1, -0.05) is 25.1 Å². The van der Waals surface area contributed by atoms with Crippen LogP contribution in [0.25, 0.3) is 0 Å². The summed E-state index contributed by atoms with van der Waals surface area (Å²) in [5.74, 6) is 1.39. The summed E-state index contributed by atoms with van der Waals surface area (Å²) in [6, 6.07) is 13.5. The lowest BCUT2D eigenvalue weighted by molar-refractivity contribution is 0.0665. The van der Waals surface area contributed by atoms with E-state index in [1.807, 2.05) is 47.4 Å². The number of carbonyl (C=O) groups excluding carboxylic acids is 1. The number of benzene rings is 2. The van der Waals surface area contributed by atoms with Crippen LogP contribution in [0.4, 0.5) is 5.69 Å². The number of para-hydroxylation sites is 1. The third kappa shape index (κ3) is 4.03. The third-order valence-electron chi connectivity index (χ3n) is 5.44. The molecule has 0 saturated carbocycles. The van der Waals surface area contributed by atoms with Crippen LogP contribution < -0.4 is 14.8 Å². The first-order chi connectivity index (χ1) is 14.2. The van der Waals surface area contributed by atoms with Crippen LogP contribution in [0.5, 0.6) is 11.5 Å². The number of ether oxygens (including phenoxy) is 3. The summed E-state index contributed by atoms with van der Waals surface area (Å²) in [6.45, 7) is 4.07. The van der Waals surface area contributed by atoms with Crippen molar-refractivity contribution >= 4 is 11.6 Å². The highest BCUT2D eigenvalue weighted by atomic mass is 16.5. The van der Waals surface area contributed by atoms with Crippen LogP contribution >= 0.6 is 0 Å². The molecule has 2 unspecified atom stereocenters. The van der Waals surface area contributed by atoms with Crippen LogP contribution in [-0.4, -0.2) is 43.8 Å². The van der Waals surface area contributed by atoms with Gasteiger partial charge < -0.3 is 24.4 Å². The molecule has 1 amide bonds. The molecule has 1 saturated heterocycles. The maximum Gasteiger partial charge on any atom is 0.257 e. The maximum absolute atomic E-state index is 13.1. The fraction of sp³-hybridized carbons (Fsp3) is 0.435. The van der Waals surface area contributed by atoms with Crippen LogP contribution in [0.1, 0.15) is 48.3 Å². The molecule has 2 heterocycles. The number of nitrogens with zero attached hydrogens (tertiary/aromatic N) is 1. The molecule has 2 atom stereocenters. The zero-order valence-electron chi connectivity index (χ0n) is 17.0. The first-order valence-electron chi connectivity index (χ1n) is 10.3. The Morgan fingerprint density at radius 1 is 1.21 bits per heavy atom. The fourth-order valence-electron chi connectivity index (χ4n) is 3.96. The number of fused-ring (bicyclic) bond motifs is 1. The monoisotopic (exact) mass is 396 g/mol. The Kier molecular flexibility index (Phi) is 5.90. The average Bonchev–Trinajstić information content (AvgIpc) is 3.28. The number of hydrogen-bond donors (Lipinski definition) is 1. The van der Waals surface area contributed by atoms with E-state index < -0.39 is 0 Å². The van der Waals surface area contributed by atoms with Crippen LogP contribution in [-0.2, 0) is 4.74 Å². The van der Waals surface area contributed by atoms with E-state index in [1.54, 1.807) is 7.11 Å². The van der Waals surface area contributed by atoms with Gasteiger partial charge in [0.15, 0.2) is 11.5 Å². The zero-order valence-corrected chi connectivity index (χ0v) is 17.0. The SMILES string of the molecule is CCCN1C(=O)c2ccccc2NC1c1ccc(OCC2CCCO2)c(OC)c1. The Balaban J connectivity index is 1.59. The Hall–Kier alpha value is -2.73. The average molecular weight is 396 g/mol. The van der Waals surface area contributed by atoms with Gasteiger partial charge in [0.25, 0.3) is 5.91 Å². The largest absolute Gasteiger partial charge is 0.493 e. The van der Waals surface area contributed by atoms with Crippen molar-refractivity contribution in [3.63, 3.8) is 0 Å². The molecule has 2 aliphatic rings. The topological polar surface area (TPSA) is 60.0 Å². The maximum atomic E-state index is 13.1. The third-order valence-corrected chi connectivity index (χ3v) is 5.44. The van der Waals surface area contributed by atoms with Crippen molar-refractivity contribution in [2.45, 2.75) is 38.5 Å². The van der Waals surface area contributed by atoms with Gasteiger partial charge in [0, 0.05) is 18.8 Å². The van der Waals surface area contributed by atoms with Gasteiger partial charge in [0.2, 0.25) is 0 Å². The molecule has 2 aromatic carbocycles. The molecule has 29 heavy (non-hydrogen) atoms. The molecular formula is C23H28N2O4. The molecule has 4 rings (SSSR count). The minimum absolute atomic E-state index is 0.0453. The van der Waals surface area contributed by atoms with Crippen LogP contribution in [0.2, 0.25) is 0 Å². The van der Waals surface area contributed by atoms with Gasteiger partial charge in [-0.2, -0.15) is 0 Å². The van der Waals surface area contributed by atoms with Crippen LogP contribution in [0.3, 0.4) is 0 Å².